The normalized spacial score (nSPS) is 18.1. The lowest BCUT2D eigenvalue weighted by Gasteiger charge is -2.18. The van der Waals surface area contributed by atoms with E-state index in [2.05, 4.69) is 12.2 Å². The first-order valence-corrected chi connectivity index (χ1v) is 7.90. The second-order valence-electron chi connectivity index (χ2n) is 5.70. The number of benzene rings is 1. The van der Waals surface area contributed by atoms with Crippen molar-refractivity contribution in [3.8, 4) is 17.2 Å². The summed E-state index contributed by atoms with van der Waals surface area (Å²) in [6, 6.07) is 5.63. The van der Waals surface area contributed by atoms with Crippen LogP contribution in [-0.4, -0.2) is 46.6 Å². The predicted octanol–water partition coefficient (Wildman–Crippen LogP) is 2.91. The van der Waals surface area contributed by atoms with Crippen LogP contribution in [0.2, 0.25) is 0 Å². The largest absolute Gasteiger partial charge is 0.493 e. The molecule has 132 valence electrons. The van der Waals surface area contributed by atoms with Crippen LogP contribution in [0.1, 0.15) is 19.8 Å². The number of halogens is 1. The van der Waals surface area contributed by atoms with Crippen LogP contribution in [0, 0.1) is 5.92 Å². The summed E-state index contributed by atoms with van der Waals surface area (Å²) in [5, 5.41) is 3.45. The van der Waals surface area contributed by atoms with E-state index < -0.39 is 0 Å². The molecule has 6 heteroatoms. The lowest BCUT2D eigenvalue weighted by molar-refractivity contribution is 0.108. The standard InChI is InChI=1S/C17H27NO4.ClH/c1-13(10-18-11-14-6-5-9-21-14)12-22-17-15(19-2)7-4-8-16(17)20-3;/h4,7-8,13-14,18H,5-6,9-12H2,1-3H3;1H. The topological polar surface area (TPSA) is 49.0 Å². The fourth-order valence-electron chi connectivity index (χ4n) is 2.54. The molecule has 1 heterocycles. The average Bonchev–Trinajstić information content (AvgIpc) is 3.05. The summed E-state index contributed by atoms with van der Waals surface area (Å²) in [5.74, 6) is 2.44. The number of nitrogens with one attached hydrogen (secondary N) is 1. The number of methoxy groups -OCH3 is 2. The minimum Gasteiger partial charge on any atom is -0.493 e. The minimum absolute atomic E-state index is 0. The van der Waals surface area contributed by atoms with Crippen LogP contribution >= 0.6 is 12.4 Å². The summed E-state index contributed by atoms with van der Waals surface area (Å²) in [5.41, 5.74) is 0. The van der Waals surface area contributed by atoms with E-state index in [0.29, 0.717) is 35.9 Å². The monoisotopic (exact) mass is 345 g/mol. The molecule has 1 aliphatic rings. The highest BCUT2D eigenvalue weighted by Crippen LogP contribution is 2.36. The van der Waals surface area contributed by atoms with Gasteiger partial charge in [0.05, 0.1) is 26.9 Å². The molecule has 5 nitrogen and oxygen atoms in total. The van der Waals surface area contributed by atoms with Gasteiger partial charge in [0.15, 0.2) is 11.5 Å². The van der Waals surface area contributed by atoms with Crippen molar-refractivity contribution in [3.63, 3.8) is 0 Å². The maximum Gasteiger partial charge on any atom is 0.203 e. The molecule has 1 aliphatic heterocycles. The molecule has 0 amide bonds. The quantitative estimate of drug-likeness (QED) is 0.745. The lowest BCUT2D eigenvalue weighted by atomic mass is 10.2. The Morgan fingerprint density at radius 1 is 1.26 bits per heavy atom. The van der Waals surface area contributed by atoms with Crippen molar-refractivity contribution in [2.75, 3.05) is 40.5 Å². The van der Waals surface area contributed by atoms with E-state index in [1.54, 1.807) is 14.2 Å². The van der Waals surface area contributed by atoms with Crippen molar-refractivity contribution in [1.82, 2.24) is 5.32 Å². The van der Waals surface area contributed by atoms with Crippen LogP contribution in [-0.2, 0) is 4.74 Å². The van der Waals surface area contributed by atoms with Crippen molar-refractivity contribution < 1.29 is 18.9 Å². The molecule has 0 bridgehead atoms. The molecule has 0 radical (unpaired) electrons. The molecule has 1 saturated heterocycles. The Bertz CT molecular complexity index is 430. The zero-order valence-corrected chi connectivity index (χ0v) is 15.0. The van der Waals surface area contributed by atoms with E-state index in [9.17, 15) is 0 Å². The van der Waals surface area contributed by atoms with Gasteiger partial charge in [-0.1, -0.05) is 13.0 Å². The van der Waals surface area contributed by atoms with E-state index in [0.717, 1.165) is 26.1 Å². The predicted molar refractivity (Wildman–Crippen MR) is 93.3 cm³/mol. The molecular formula is C17H28ClNO4. The first-order valence-electron chi connectivity index (χ1n) is 7.90. The summed E-state index contributed by atoms with van der Waals surface area (Å²) in [7, 11) is 3.27. The van der Waals surface area contributed by atoms with Gasteiger partial charge >= 0.3 is 0 Å². The van der Waals surface area contributed by atoms with Crippen molar-refractivity contribution >= 4 is 12.4 Å². The van der Waals surface area contributed by atoms with E-state index in [1.807, 2.05) is 18.2 Å². The molecule has 0 spiro atoms. The van der Waals surface area contributed by atoms with E-state index >= 15 is 0 Å². The molecule has 0 aliphatic carbocycles. The van der Waals surface area contributed by atoms with Gasteiger partial charge in [0.1, 0.15) is 0 Å². The lowest BCUT2D eigenvalue weighted by Crippen LogP contribution is -2.31. The number of hydrogen-bond acceptors (Lipinski definition) is 5. The Kier molecular flexibility index (Phi) is 9.14. The van der Waals surface area contributed by atoms with E-state index in [-0.39, 0.29) is 12.4 Å². The maximum atomic E-state index is 5.91. The van der Waals surface area contributed by atoms with Gasteiger partial charge in [0.25, 0.3) is 0 Å². The Hall–Kier alpha value is -1.17. The molecule has 0 aromatic heterocycles. The molecule has 2 atom stereocenters. The number of rotatable bonds is 9. The van der Waals surface area contributed by atoms with Crippen molar-refractivity contribution in [2.45, 2.75) is 25.9 Å². The van der Waals surface area contributed by atoms with E-state index in [1.165, 1.54) is 6.42 Å². The highest BCUT2D eigenvalue weighted by Gasteiger charge is 2.16. The SMILES string of the molecule is COc1cccc(OC)c1OCC(C)CNCC1CCCO1.Cl. The molecule has 1 N–H and O–H groups in total. The Morgan fingerprint density at radius 2 is 1.96 bits per heavy atom. The van der Waals surface area contributed by atoms with Crippen LogP contribution < -0.4 is 19.5 Å². The van der Waals surface area contributed by atoms with Gasteiger partial charge in [0, 0.05) is 25.6 Å². The van der Waals surface area contributed by atoms with Crippen molar-refractivity contribution in [1.29, 1.82) is 0 Å². The highest BCUT2D eigenvalue weighted by molar-refractivity contribution is 5.85. The highest BCUT2D eigenvalue weighted by atomic mass is 35.5. The first-order chi connectivity index (χ1) is 10.7. The zero-order valence-electron chi connectivity index (χ0n) is 14.2. The second kappa shape index (κ2) is 10.6. The van der Waals surface area contributed by atoms with Crippen LogP contribution in [0.25, 0.3) is 0 Å². The van der Waals surface area contributed by atoms with Gasteiger partial charge in [-0.25, -0.2) is 0 Å². The fourth-order valence-corrected chi connectivity index (χ4v) is 2.54. The van der Waals surface area contributed by atoms with Gasteiger partial charge in [0.2, 0.25) is 5.75 Å². The molecule has 2 rings (SSSR count). The molecule has 23 heavy (non-hydrogen) atoms. The molecule has 2 unspecified atom stereocenters. The summed E-state index contributed by atoms with van der Waals surface area (Å²) in [6.45, 7) is 5.48. The number of para-hydroxylation sites is 1. The Balaban J connectivity index is 0.00000264. The molecular weight excluding hydrogens is 318 g/mol. The van der Waals surface area contributed by atoms with Crippen LogP contribution in [0.5, 0.6) is 17.2 Å². The van der Waals surface area contributed by atoms with Crippen molar-refractivity contribution in [2.24, 2.45) is 5.92 Å². The average molecular weight is 346 g/mol. The maximum absolute atomic E-state index is 5.91. The Labute approximate surface area is 145 Å². The summed E-state index contributed by atoms with van der Waals surface area (Å²) < 4.78 is 22.2. The van der Waals surface area contributed by atoms with Crippen LogP contribution in [0.15, 0.2) is 18.2 Å². The summed E-state index contributed by atoms with van der Waals surface area (Å²) >= 11 is 0. The van der Waals surface area contributed by atoms with Crippen molar-refractivity contribution in [3.05, 3.63) is 18.2 Å². The third-order valence-electron chi connectivity index (χ3n) is 3.78. The fraction of sp³-hybridized carbons (Fsp3) is 0.647. The molecule has 0 saturated carbocycles. The van der Waals surface area contributed by atoms with Crippen LogP contribution in [0.4, 0.5) is 0 Å². The smallest absolute Gasteiger partial charge is 0.203 e. The van der Waals surface area contributed by atoms with Gasteiger partial charge in [-0.15, -0.1) is 12.4 Å². The Morgan fingerprint density at radius 3 is 2.52 bits per heavy atom. The third kappa shape index (κ3) is 6.09. The van der Waals surface area contributed by atoms with Crippen LogP contribution in [0.3, 0.4) is 0 Å². The van der Waals surface area contributed by atoms with Gasteiger partial charge in [-0.2, -0.15) is 0 Å². The zero-order chi connectivity index (χ0) is 15.8. The summed E-state index contributed by atoms with van der Waals surface area (Å²) in [6.07, 6.45) is 2.72. The van der Waals surface area contributed by atoms with Gasteiger partial charge in [-0.05, 0) is 25.0 Å². The van der Waals surface area contributed by atoms with E-state index in [4.69, 9.17) is 18.9 Å². The first kappa shape index (κ1) is 19.9. The number of ether oxygens (including phenoxy) is 4. The summed E-state index contributed by atoms with van der Waals surface area (Å²) in [4.78, 5) is 0. The number of hydrogen-bond donors (Lipinski definition) is 1. The van der Waals surface area contributed by atoms with Gasteiger partial charge in [-0.3, -0.25) is 0 Å². The molecule has 1 fully saturated rings. The minimum atomic E-state index is 0. The molecule has 1 aromatic carbocycles. The van der Waals surface area contributed by atoms with Gasteiger partial charge < -0.3 is 24.3 Å². The second-order valence-corrected chi connectivity index (χ2v) is 5.70. The molecule has 1 aromatic rings. The third-order valence-corrected chi connectivity index (χ3v) is 3.78.